The topological polar surface area (TPSA) is 63.2 Å². The maximum absolute atomic E-state index is 11.9. The maximum atomic E-state index is 11.9. The summed E-state index contributed by atoms with van der Waals surface area (Å²) in [6.07, 6.45) is 13.3. The van der Waals surface area contributed by atoms with Crippen LogP contribution in [-0.4, -0.2) is 58.8 Å². The molecule has 2 aromatic carbocycles. The number of carbonyl (C=O) groups is 3. The Morgan fingerprint density at radius 2 is 1.00 bits per heavy atom. The van der Waals surface area contributed by atoms with Crippen molar-refractivity contribution in [3.8, 4) is 0 Å². The zero-order valence-electron chi connectivity index (χ0n) is 27.1. The van der Waals surface area contributed by atoms with Gasteiger partial charge in [-0.05, 0) is 68.0 Å². The van der Waals surface area contributed by atoms with Gasteiger partial charge in [-0.15, -0.1) is 0 Å². The quantitative estimate of drug-likeness (QED) is 0.0761. The molecule has 0 saturated carbocycles. The van der Waals surface area contributed by atoms with Crippen LogP contribution in [0, 0.1) is 0 Å². The van der Waals surface area contributed by atoms with Gasteiger partial charge in [-0.1, -0.05) is 57.2 Å². The number of benzene rings is 2. The fourth-order valence-electron chi connectivity index (χ4n) is 5.21. The van der Waals surface area contributed by atoms with Crippen LogP contribution >= 0.6 is 0 Å². The average molecular weight is 578 g/mol. The Balaban J connectivity index is 1.53. The van der Waals surface area contributed by atoms with Gasteiger partial charge in [0.1, 0.15) is 11.4 Å². The molecule has 6 heteroatoms. The smallest absolute Gasteiger partial charge is 0.291 e. The molecular weight excluding hydrogens is 522 g/mol. The van der Waals surface area contributed by atoms with E-state index in [0.717, 1.165) is 27.6 Å². The summed E-state index contributed by atoms with van der Waals surface area (Å²) in [6.45, 7) is 8.99. The van der Waals surface area contributed by atoms with Crippen molar-refractivity contribution in [1.29, 1.82) is 0 Å². The van der Waals surface area contributed by atoms with Crippen LogP contribution in [0.15, 0.2) is 60.7 Å². The van der Waals surface area contributed by atoms with Crippen molar-refractivity contribution >= 4 is 34.5 Å². The molecule has 0 aliphatic rings. The molecule has 0 atom stereocenters. The zero-order valence-corrected chi connectivity index (χ0v) is 27.1. The number of nitrogens with zero attached hydrogens (tertiary/aromatic N) is 2. The van der Waals surface area contributed by atoms with Crippen molar-refractivity contribution in [2.45, 2.75) is 84.5 Å². The third-order valence-electron chi connectivity index (χ3n) is 8.30. The second kappa shape index (κ2) is 17.1. The number of hydrogen-bond donors (Lipinski definition) is 1. The summed E-state index contributed by atoms with van der Waals surface area (Å²) in [7, 11) is 8.97. The van der Waals surface area contributed by atoms with E-state index in [9.17, 15) is 14.4 Å². The van der Waals surface area contributed by atoms with Gasteiger partial charge in [0.2, 0.25) is 5.78 Å². The Morgan fingerprint density at radius 3 is 1.38 bits per heavy atom. The molecule has 0 radical (unpaired) electrons. The monoisotopic (exact) mass is 577 g/mol. The van der Waals surface area contributed by atoms with Gasteiger partial charge in [0.05, 0.1) is 41.3 Å². The molecule has 0 aliphatic carbocycles. The molecule has 1 amide bonds. The summed E-state index contributed by atoms with van der Waals surface area (Å²) in [5.74, 6) is -0.957. The Labute approximate surface area is 255 Å². The van der Waals surface area contributed by atoms with Crippen LogP contribution < -0.4 is 14.3 Å². The van der Waals surface area contributed by atoms with E-state index in [4.69, 9.17) is 0 Å². The minimum absolute atomic E-state index is 0.109. The largest absolute Gasteiger partial charge is 0.319 e. The second-order valence-corrected chi connectivity index (χ2v) is 13.0. The van der Waals surface area contributed by atoms with Crippen LogP contribution in [-0.2, 0) is 20.8 Å². The minimum atomic E-state index is -0.579. The lowest BCUT2D eigenvalue weighted by atomic mass is 10.0. The highest BCUT2D eigenvalue weighted by molar-refractivity contribution is 6.39. The van der Waals surface area contributed by atoms with E-state index in [1.165, 1.54) is 82.5 Å². The lowest BCUT2D eigenvalue weighted by molar-refractivity contribution is -0.133. The summed E-state index contributed by atoms with van der Waals surface area (Å²) in [4.78, 5) is 34.6. The Bertz CT molecular complexity index is 1070. The van der Waals surface area contributed by atoms with E-state index < -0.39 is 11.7 Å². The summed E-state index contributed by atoms with van der Waals surface area (Å²) in [5.41, 5.74) is 4.81. The normalized spacial score (nSPS) is 11.8. The van der Waals surface area contributed by atoms with Gasteiger partial charge in [-0.2, -0.15) is 0 Å². The van der Waals surface area contributed by atoms with E-state index >= 15 is 0 Å². The van der Waals surface area contributed by atoms with E-state index in [0.29, 0.717) is 17.7 Å². The van der Waals surface area contributed by atoms with Crippen molar-refractivity contribution in [3.63, 3.8) is 0 Å². The number of allylic oxidation sites excluding steroid dienone is 1. The van der Waals surface area contributed by atoms with Gasteiger partial charge < -0.3 is 5.32 Å². The van der Waals surface area contributed by atoms with Crippen molar-refractivity contribution in [2.24, 2.45) is 0 Å². The SMILES string of the molecule is C=C(C)C(=O)Cc1ccc([N+](C)(C)CCCCCCCCCCCC[N+](C)(C)c2ccc(NC(=O)C(C)=O)cc2)cc1. The standard InChI is InChI=1S/C36H54N3O3/c1-29(2)35(41)28-31-18-22-33(23-19-31)38(4,5)26-16-14-12-10-8-9-11-13-15-17-27-39(6,7)34-24-20-32(21-25-34)37-36(42)30(3)40/h18-25H,1,8-17,26-28H2,2-7H3/q+1/p+1. The van der Waals surface area contributed by atoms with Gasteiger partial charge >= 0.3 is 0 Å². The van der Waals surface area contributed by atoms with Gasteiger partial charge in [0.15, 0.2) is 5.78 Å². The van der Waals surface area contributed by atoms with Crippen LogP contribution in [0.5, 0.6) is 0 Å². The molecule has 0 aliphatic heterocycles. The molecule has 0 aromatic heterocycles. The fourth-order valence-corrected chi connectivity index (χ4v) is 5.21. The summed E-state index contributed by atoms with van der Waals surface area (Å²) in [5, 5.41) is 2.62. The summed E-state index contributed by atoms with van der Waals surface area (Å²) < 4.78 is 1.67. The number of quaternary nitrogens is 2. The fraction of sp³-hybridized carbons (Fsp3) is 0.528. The highest BCUT2D eigenvalue weighted by Gasteiger charge is 2.20. The van der Waals surface area contributed by atoms with Crippen LogP contribution in [0.2, 0.25) is 0 Å². The van der Waals surface area contributed by atoms with Crippen LogP contribution in [0.3, 0.4) is 0 Å². The van der Waals surface area contributed by atoms with Crippen LogP contribution in [0.25, 0.3) is 0 Å². The number of hydrogen-bond acceptors (Lipinski definition) is 3. The van der Waals surface area contributed by atoms with Crippen molar-refractivity contribution in [1.82, 2.24) is 8.97 Å². The second-order valence-electron chi connectivity index (χ2n) is 13.0. The van der Waals surface area contributed by atoms with Gasteiger partial charge in [-0.25, -0.2) is 0 Å². The van der Waals surface area contributed by atoms with Crippen molar-refractivity contribution in [3.05, 3.63) is 66.2 Å². The molecular formula is C36H55N3O3+2. The van der Waals surface area contributed by atoms with Gasteiger partial charge in [0, 0.05) is 31.2 Å². The maximum Gasteiger partial charge on any atom is 0.291 e. The number of anilines is 1. The number of Topliss-reactive ketones (excluding diaryl/α,β-unsaturated/α-hetero) is 2. The zero-order chi connectivity index (χ0) is 31.2. The first-order valence-electron chi connectivity index (χ1n) is 15.7. The van der Waals surface area contributed by atoms with E-state index in [2.05, 4.69) is 64.4 Å². The van der Waals surface area contributed by atoms with Crippen molar-refractivity contribution in [2.75, 3.05) is 46.6 Å². The third kappa shape index (κ3) is 12.4. The number of amides is 1. The molecule has 0 spiro atoms. The molecule has 1 N–H and O–H groups in total. The van der Waals surface area contributed by atoms with Crippen LogP contribution in [0.4, 0.5) is 17.1 Å². The molecule has 0 bridgehead atoms. The number of rotatable bonds is 20. The number of ketones is 2. The highest BCUT2D eigenvalue weighted by atomic mass is 16.2. The molecule has 230 valence electrons. The van der Waals surface area contributed by atoms with E-state index in [-0.39, 0.29) is 5.78 Å². The molecule has 0 saturated heterocycles. The van der Waals surface area contributed by atoms with Gasteiger partial charge in [-0.3, -0.25) is 23.3 Å². The molecule has 0 heterocycles. The molecule has 2 rings (SSSR count). The predicted molar refractivity (Wildman–Crippen MR) is 179 cm³/mol. The van der Waals surface area contributed by atoms with E-state index in [1.54, 1.807) is 6.92 Å². The van der Waals surface area contributed by atoms with Crippen molar-refractivity contribution < 1.29 is 14.4 Å². The minimum Gasteiger partial charge on any atom is -0.319 e. The van der Waals surface area contributed by atoms with Crippen LogP contribution in [0.1, 0.15) is 83.6 Å². The summed E-state index contributed by atoms with van der Waals surface area (Å²) >= 11 is 0. The first-order valence-corrected chi connectivity index (χ1v) is 15.7. The Kier molecular flexibility index (Phi) is 14.3. The number of nitrogens with one attached hydrogen (secondary N) is 1. The molecule has 0 fully saturated rings. The molecule has 42 heavy (non-hydrogen) atoms. The lowest BCUT2D eigenvalue weighted by Crippen LogP contribution is -2.41. The average Bonchev–Trinajstić information content (AvgIpc) is 2.94. The van der Waals surface area contributed by atoms with Gasteiger partial charge in [0.25, 0.3) is 5.91 Å². The molecule has 2 aromatic rings. The first kappa shape index (κ1) is 35.1. The first-order chi connectivity index (χ1) is 19.8. The molecule has 6 nitrogen and oxygen atoms in total. The predicted octanol–water partition coefficient (Wildman–Crippen LogP) is 7.64. The lowest BCUT2D eigenvalue weighted by Gasteiger charge is -2.29. The number of unbranched alkanes of at least 4 members (excludes halogenated alkanes) is 9. The Morgan fingerprint density at radius 1 is 0.619 bits per heavy atom. The third-order valence-corrected chi connectivity index (χ3v) is 8.30. The Hall–Kier alpha value is -3.09. The van der Waals surface area contributed by atoms with E-state index in [1.807, 2.05) is 24.3 Å². The highest BCUT2D eigenvalue weighted by Crippen LogP contribution is 2.24. The molecule has 0 unspecified atom stereocenters. The summed E-state index contributed by atoms with van der Waals surface area (Å²) in [6, 6.07) is 16.3. The number of carbonyl (C=O) groups excluding carboxylic acids is 3.